The molecular weight excluding hydrogens is 392 g/mol. The molecule has 0 saturated heterocycles. The van der Waals surface area contributed by atoms with E-state index in [0.29, 0.717) is 17.3 Å². The van der Waals surface area contributed by atoms with Crippen molar-refractivity contribution in [1.29, 1.82) is 0 Å². The van der Waals surface area contributed by atoms with Crippen molar-refractivity contribution >= 4 is 28.1 Å². The van der Waals surface area contributed by atoms with Crippen LogP contribution in [0.5, 0.6) is 0 Å². The van der Waals surface area contributed by atoms with Crippen LogP contribution in [-0.4, -0.2) is 22.3 Å². The first-order valence-corrected chi connectivity index (χ1v) is 9.07. The van der Waals surface area contributed by atoms with Gasteiger partial charge in [0.2, 0.25) is 0 Å². The van der Waals surface area contributed by atoms with Crippen molar-refractivity contribution in [2.45, 2.75) is 19.8 Å². The smallest absolute Gasteiger partial charge is 0.272 e. The minimum Gasteiger partial charge on any atom is -0.272 e. The van der Waals surface area contributed by atoms with E-state index in [0.717, 1.165) is 15.6 Å². The van der Waals surface area contributed by atoms with Crippen LogP contribution in [0.3, 0.4) is 0 Å². The maximum atomic E-state index is 12.2. The maximum absolute atomic E-state index is 12.2. The molecule has 2 aromatic carbocycles. The van der Waals surface area contributed by atoms with E-state index < -0.39 is 0 Å². The summed E-state index contributed by atoms with van der Waals surface area (Å²) in [6, 6.07) is 17.5. The fourth-order valence-corrected chi connectivity index (χ4v) is 2.66. The number of rotatable bonds is 5. The lowest BCUT2D eigenvalue weighted by molar-refractivity contribution is 0.0950. The number of nitrogens with zero attached hydrogens (tertiary/aromatic N) is 2. The largest absolute Gasteiger partial charge is 0.289 e. The average Bonchev–Trinajstić information content (AvgIpc) is 3.13. The lowest BCUT2D eigenvalue weighted by atomic mass is 10.0. The van der Waals surface area contributed by atoms with E-state index in [2.05, 4.69) is 62.6 Å². The van der Waals surface area contributed by atoms with E-state index >= 15 is 0 Å². The summed E-state index contributed by atoms with van der Waals surface area (Å²) in [7, 11) is 0. The number of hydrogen-bond acceptors (Lipinski definition) is 3. The molecule has 1 amide bonds. The quantitative estimate of drug-likeness (QED) is 0.471. The molecule has 0 aliphatic carbocycles. The van der Waals surface area contributed by atoms with Crippen molar-refractivity contribution in [2.24, 2.45) is 5.10 Å². The van der Waals surface area contributed by atoms with Gasteiger partial charge in [0, 0.05) is 10.0 Å². The summed E-state index contributed by atoms with van der Waals surface area (Å²) in [5, 5.41) is 10.9. The molecule has 0 saturated carbocycles. The van der Waals surface area contributed by atoms with Crippen LogP contribution >= 0.6 is 15.9 Å². The average molecular weight is 411 g/mol. The minimum atomic E-state index is -0.337. The summed E-state index contributed by atoms with van der Waals surface area (Å²) in [5.41, 5.74) is 6.69. The summed E-state index contributed by atoms with van der Waals surface area (Å²) < 4.78 is 0.991. The fourth-order valence-electron chi connectivity index (χ4n) is 2.40. The van der Waals surface area contributed by atoms with Gasteiger partial charge in [-0.2, -0.15) is 10.2 Å². The third-order valence-corrected chi connectivity index (χ3v) is 4.47. The fraction of sp³-hybridized carbons (Fsp3) is 0.150. The molecule has 0 aliphatic heterocycles. The Morgan fingerprint density at radius 2 is 1.85 bits per heavy atom. The highest BCUT2D eigenvalue weighted by Gasteiger charge is 2.10. The first-order valence-electron chi connectivity index (χ1n) is 8.27. The zero-order valence-electron chi connectivity index (χ0n) is 14.5. The van der Waals surface area contributed by atoms with Crippen molar-refractivity contribution < 1.29 is 4.79 Å². The molecule has 0 radical (unpaired) electrons. The van der Waals surface area contributed by atoms with Crippen molar-refractivity contribution in [1.82, 2.24) is 15.6 Å². The zero-order valence-corrected chi connectivity index (χ0v) is 16.1. The molecular formula is C20H19BrN4O. The molecule has 5 nitrogen and oxygen atoms in total. The van der Waals surface area contributed by atoms with Gasteiger partial charge < -0.3 is 0 Å². The Bertz CT molecular complexity index is 912. The number of hydrazone groups is 1. The number of aromatic nitrogens is 2. The lowest BCUT2D eigenvalue weighted by Gasteiger charge is -2.04. The molecule has 2 N–H and O–H groups in total. The topological polar surface area (TPSA) is 70.1 Å². The Balaban J connectivity index is 1.62. The molecule has 0 fully saturated rings. The number of hydrogen-bond donors (Lipinski definition) is 2. The zero-order chi connectivity index (χ0) is 18.5. The molecule has 3 aromatic rings. The van der Waals surface area contributed by atoms with E-state index in [1.165, 1.54) is 5.56 Å². The second kappa shape index (κ2) is 8.10. The van der Waals surface area contributed by atoms with Crippen LogP contribution in [-0.2, 0) is 0 Å². The molecule has 6 heteroatoms. The molecule has 0 aliphatic rings. The third-order valence-electron chi connectivity index (χ3n) is 3.95. The first-order chi connectivity index (χ1) is 12.5. The van der Waals surface area contributed by atoms with Crippen molar-refractivity contribution in [3.05, 3.63) is 75.9 Å². The highest BCUT2D eigenvalue weighted by Crippen LogP contribution is 2.20. The Hall–Kier alpha value is -2.73. The van der Waals surface area contributed by atoms with E-state index in [9.17, 15) is 4.79 Å². The first kappa shape index (κ1) is 18.1. The number of carbonyl (C=O) groups excluding carboxylic acids is 1. The van der Waals surface area contributed by atoms with Crippen molar-refractivity contribution in [3.63, 3.8) is 0 Å². The molecule has 1 heterocycles. The second-order valence-corrected chi connectivity index (χ2v) is 7.11. The number of amides is 1. The number of benzene rings is 2. The van der Waals surface area contributed by atoms with Crippen LogP contribution in [0.2, 0.25) is 0 Å². The summed E-state index contributed by atoms with van der Waals surface area (Å²) in [6.45, 7) is 4.30. The van der Waals surface area contributed by atoms with Crippen LogP contribution in [0.15, 0.2) is 64.2 Å². The number of carbonyl (C=O) groups is 1. The normalized spacial score (nSPS) is 11.2. The van der Waals surface area contributed by atoms with Gasteiger partial charge in [-0.05, 0) is 35.2 Å². The van der Waals surface area contributed by atoms with Gasteiger partial charge >= 0.3 is 0 Å². The van der Waals surface area contributed by atoms with Crippen LogP contribution in [0.4, 0.5) is 0 Å². The van der Waals surface area contributed by atoms with Crippen molar-refractivity contribution in [3.8, 4) is 11.3 Å². The molecule has 0 unspecified atom stereocenters. The van der Waals surface area contributed by atoms with Gasteiger partial charge in [0.25, 0.3) is 5.91 Å². The van der Waals surface area contributed by atoms with E-state index in [1.807, 2.05) is 36.4 Å². The molecule has 3 rings (SSSR count). The Labute approximate surface area is 160 Å². The van der Waals surface area contributed by atoms with Gasteiger partial charge in [-0.15, -0.1) is 0 Å². The molecule has 132 valence electrons. The highest BCUT2D eigenvalue weighted by molar-refractivity contribution is 9.10. The lowest BCUT2D eigenvalue weighted by Crippen LogP contribution is -2.18. The van der Waals surface area contributed by atoms with Crippen LogP contribution in [0, 0.1) is 0 Å². The van der Waals surface area contributed by atoms with Gasteiger partial charge in [-0.1, -0.05) is 66.2 Å². The number of aromatic amines is 1. The molecule has 26 heavy (non-hydrogen) atoms. The summed E-state index contributed by atoms with van der Waals surface area (Å²) in [5.74, 6) is 0.150. The van der Waals surface area contributed by atoms with Gasteiger partial charge in [0.15, 0.2) is 0 Å². The Morgan fingerprint density at radius 3 is 2.50 bits per heavy atom. The minimum absolute atomic E-state index is 0.337. The number of nitrogens with one attached hydrogen (secondary N) is 2. The monoisotopic (exact) mass is 410 g/mol. The van der Waals surface area contributed by atoms with E-state index in [1.54, 1.807) is 12.3 Å². The maximum Gasteiger partial charge on any atom is 0.289 e. The number of H-pyrrole nitrogens is 1. The van der Waals surface area contributed by atoms with Crippen LogP contribution in [0.1, 0.15) is 41.4 Å². The van der Waals surface area contributed by atoms with Crippen LogP contribution in [0.25, 0.3) is 11.3 Å². The van der Waals surface area contributed by atoms with Gasteiger partial charge in [-0.25, -0.2) is 5.43 Å². The second-order valence-electron chi connectivity index (χ2n) is 6.19. The summed E-state index contributed by atoms with van der Waals surface area (Å²) >= 11 is 3.40. The highest BCUT2D eigenvalue weighted by atomic mass is 79.9. The van der Waals surface area contributed by atoms with Crippen molar-refractivity contribution in [2.75, 3.05) is 0 Å². The van der Waals surface area contributed by atoms with E-state index in [-0.39, 0.29) is 5.91 Å². The summed E-state index contributed by atoms with van der Waals surface area (Å²) in [4.78, 5) is 12.2. The molecule has 0 spiro atoms. The molecule has 0 atom stereocenters. The van der Waals surface area contributed by atoms with E-state index in [4.69, 9.17) is 0 Å². The van der Waals surface area contributed by atoms with Crippen LogP contribution < -0.4 is 5.43 Å². The van der Waals surface area contributed by atoms with Gasteiger partial charge in [0.1, 0.15) is 5.69 Å². The van der Waals surface area contributed by atoms with Gasteiger partial charge in [-0.3, -0.25) is 9.89 Å². The molecule has 0 bridgehead atoms. The SMILES string of the molecule is CC(C)c1ccc(/C=N\NC(=O)c2cc(-c3ccc(Br)cc3)n[nH]2)cc1. The Kier molecular flexibility index (Phi) is 5.63. The number of halogens is 1. The Morgan fingerprint density at radius 1 is 1.15 bits per heavy atom. The summed E-state index contributed by atoms with van der Waals surface area (Å²) in [6.07, 6.45) is 1.62. The molecule has 1 aromatic heterocycles. The predicted molar refractivity (Wildman–Crippen MR) is 107 cm³/mol. The predicted octanol–water partition coefficient (Wildman–Crippen LogP) is 4.73. The van der Waals surface area contributed by atoms with Gasteiger partial charge in [0.05, 0.1) is 11.9 Å². The third kappa shape index (κ3) is 4.46. The standard InChI is InChI=1S/C20H19BrN4O/c1-13(2)15-5-3-14(4-6-15)12-22-25-20(26)19-11-18(23-24-19)16-7-9-17(21)10-8-16/h3-13H,1-2H3,(H,23,24)(H,25,26)/b22-12-.